The van der Waals surface area contributed by atoms with E-state index in [2.05, 4.69) is 321 Å². The Morgan fingerprint density at radius 1 is 0.309 bits per heavy atom. The van der Waals surface area contributed by atoms with Gasteiger partial charge in [0, 0.05) is 69.0 Å². The smallest absolute Gasteiger partial charge is 0.256 e. The summed E-state index contributed by atoms with van der Waals surface area (Å²) in [5.41, 5.74) is 31.1. The first kappa shape index (κ1) is 58.2. The molecule has 4 heterocycles. The third-order valence-electron chi connectivity index (χ3n) is 22.5. The molecule has 17 rings (SSSR count). The summed E-state index contributed by atoms with van der Waals surface area (Å²) < 4.78 is 14.8. The molecule has 4 aliphatic heterocycles. The molecule has 0 saturated carbocycles. The normalized spacial score (nSPS) is 16.6. The molecule has 11 aromatic carbocycles. The van der Waals surface area contributed by atoms with E-state index < -0.39 is 0 Å². The fourth-order valence-corrected chi connectivity index (χ4v) is 17.2. The van der Waals surface area contributed by atoms with E-state index in [-0.39, 0.29) is 35.1 Å². The van der Waals surface area contributed by atoms with Gasteiger partial charge in [0.05, 0.1) is 11.4 Å². The van der Waals surface area contributed by atoms with Gasteiger partial charge in [0.25, 0.3) is 13.4 Å². The average Bonchev–Trinajstić information content (AvgIpc) is 0.693. The summed E-state index contributed by atoms with van der Waals surface area (Å²) in [6, 6.07) is 82.3. The summed E-state index contributed by atoms with van der Waals surface area (Å²) >= 11 is 0. The number of anilines is 12. The first-order valence-electron chi connectivity index (χ1n) is 34.1. The number of para-hydroxylation sites is 6. The fraction of sp³-hybridized carbons (Fsp3) is 0.233. The van der Waals surface area contributed by atoms with Crippen molar-refractivity contribution in [1.82, 2.24) is 0 Å². The fourth-order valence-electron chi connectivity index (χ4n) is 17.2. The topological polar surface area (TPSA) is 31.4 Å². The van der Waals surface area contributed by atoms with E-state index in [0.29, 0.717) is 0 Å². The van der Waals surface area contributed by atoms with Gasteiger partial charge in [-0.15, -0.1) is 0 Å². The third kappa shape index (κ3) is 8.84. The lowest BCUT2D eigenvalue weighted by Gasteiger charge is -2.45. The Balaban J connectivity index is 0.939. The van der Waals surface area contributed by atoms with Crippen LogP contribution in [0.3, 0.4) is 0 Å². The molecule has 0 fully saturated rings. The highest BCUT2D eigenvalue weighted by molar-refractivity contribution is 7.02. The summed E-state index contributed by atoms with van der Waals surface area (Å²) in [4.78, 5) is 10.2. The van der Waals surface area contributed by atoms with Gasteiger partial charge in [-0.1, -0.05) is 183 Å². The lowest BCUT2D eigenvalue weighted by molar-refractivity contribution is 0.332. The van der Waals surface area contributed by atoms with Crippen molar-refractivity contribution in [2.75, 3.05) is 19.6 Å². The molecule has 0 spiro atoms. The maximum absolute atomic E-state index is 7.42. The molecule has 0 saturated heterocycles. The Kier molecular flexibility index (Phi) is 13.0. The van der Waals surface area contributed by atoms with Crippen molar-refractivity contribution >= 4 is 114 Å². The number of aryl methyl sites for hydroxylation is 4. The Labute approximate surface area is 556 Å². The van der Waals surface area contributed by atoms with E-state index in [1.165, 1.54) is 66.8 Å². The zero-order valence-corrected chi connectivity index (χ0v) is 56.4. The molecule has 6 nitrogen and oxygen atoms in total. The summed E-state index contributed by atoms with van der Waals surface area (Å²) in [5.74, 6) is 3.47. The lowest BCUT2D eigenvalue weighted by atomic mass is 9.31. The molecule has 0 unspecified atom stereocenters. The van der Waals surface area contributed by atoms with Crippen LogP contribution in [-0.4, -0.2) is 13.4 Å². The van der Waals surface area contributed by atoms with Crippen LogP contribution in [0.15, 0.2) is 218 Å². The molecule has 0 atom stereocenters. The SMILES string of the molecule is Cc1ccccc1N(c1cc2c3c(c1)N(c1ccccc1)c1cc4c(cc1B3c1ccccc1O2)B1c2ccccc2Oc2cc(N(c3ccccc3C)c3cc5c(cc3C)C(C)(C)CCC5(C)C)cc(c21)N4c1ccccc1)c1cc2c(cc1C)C(C)(C)CCC2(C)C. The Morgan fingerprint density at radius 2 is 0.660 bits per heavy atom. The molecule has 0 radical (unpaired) electrons. The first-order valence-corrected chi connectivity index (χ1v) is 34.1. The highest BCUT2D eigenvalue weighted by Crippen LogP contribution is 2.55. The van der Waals surface area contributed by atoms with Crippen molar-refractivity contribution in [3.05, 3.63) is 263 Å². The molecular weight excluding hydrogens is 1140 g/mol. The van der Waals surface area contributed by atoms with Crippen LogP contribution in [0.5, 0.6) is 23.0 Å². The van der Waals surface area contributed by atoms with Crippen molar-refractivity contribution in [1.29, 1.82) is 0 Å². The van der Waals surface area contributed by atoms with Gasteiger partial charge in [0.1, 0.15) is 23.0 Å². The van der Waals surface area contributed by atoms with Crippen molar-refractivity contribution < 1.29 is 9.47 Å². The molecule has 0 N–H and O–H groups in total. The number of hydrogen-bond donors (Lipinski definition) is 0. The van der Waals surface area contributed by atoms with Crippen molar-refractivity contribution in [2.24, 2.45) is 0 Å². The molecule has 0 aromatic heterocycles. The number of benzene rings is 11. The van der Waals surface area contributed by atoms with Crippen molar-refractivity contribution in [2.45, 2.75) is 130 Å². The molecular formula is C86H80B2N4O2. The van der Waals surface area contributed by atoms with Gasteiger partial charge in [-0.3, -0.25) is 0 Å². The molecule has 462 valence electrons. The van der Waals surface area contributed by atoms with Crippen LogP contribution in [-0.2, 0) is 21.7 Å². The predicted molar refractivity (Wildman–Crippen MR) is 397 cm³/mol. The van der Waals surface area contributed by atoms with Gasteiger partial charge in [-0.25, -0.2) is 0 Å². The number of fused-ring (bicyclic) bond motifs is 10. The Hall–Kier alpha value is -9.65. The Morgan fingerprint density at radius 3 is 1.05 bits per heavy atom. The van der Waals surface area contributed by atoms with Crippen LogP contribution in [0.4, 0.5) is 68.2 Å². The summed E-state index contributed by atoms with van der Waals surface area (Å²) in [6.07, 6.45) is 4.56. The van der Waals surface area contributed by atoms with Crippen LogP contribution in [0.25, 0.3) is 0 Å². The maximum atomic E-state index is 7.42. The summed E-state index contributed by atoms with van der Waals surface area (Å²) in [7, 11) is 0. The van der Waals surface area contributed by atoms with E-state index in [1.807, 2.05) is 0 Å². The van der Waals surface area contributed by atoms with Gasteiger partial charge in [0.15, 0.2) is 0 Å². The Bertz CT molecular complexity index is 4660. The second-order valence-electron chi connectivity index (χ2n) is 30.4. The number of ether oxygens (including phenoxy) is 2. The van der Waals surface area contributed by atoms with Gasteiger partial charge < -0.3 is 29.1 Å². The second kappa shape index (κ2) is 20.9. The van der Waals surface area contributed by atoms with E-state index in [9.17, 15) is 0 Å². The number of rotatable bonds is 8. The van der Waals surface area contributed by atoms with E-state index in [0.717, 1.165) is 127 Å². The second-order valence-corrected chi connectivity index (χ2v) is 30.4. The van der Waals surface area contributed by atoms with Crippen LogP contribution >= 0.6 is 0 Å². The minimum Gasteiger partial charge on any atom is -0.458 e. The minimum atomic E-state index is -0.175. The number of nitrogens with zero attached hydrogens (tertiary/aromatic N) is 4. The van der Waals surface area contributed by atoms with E-state index in [4.69, 9.17) is 9.47 Å². The van der Waals surface area contributed by atoms with Crippen LogP contribution in [0.1, 0.15) is 126 Å². The lowest BCUT2D eigenvalue weighted by Crippen LogP contribution is -2.63. The minimum absolute atomic E-state index is 0.000556. The van der Waals surface area contributed by atoms with Crippen LogP contribution in [0.2, 0.25) is 0 Å². The molecule has 94 heavy (non-hydrogen) atoms. The van der Waals surface area contributed by atoms with Gasteiger partial charge in [-0.2, -0.15) is 0 Å². The van der Waals surface area contributed by atoms with Crippen molar-refractivity contribution in [3.8, 4) is 23.0 Å². The van der Waals surface area contributed by atoms with Gasteiger partial charge in [-0.05, 0) is 231 Å². The third-order valence-corrected chi connectivity index (χ3v) is 22.5. The van der Waals surface area contributed by atoms with Crippen molar-refractivity contribution in [3.63, 3.8) is 0 Å². The molecule has 11 aromatic rings. The molecule has 6 aliphatic rings. The quantitative estimate of drug-likeness (QED) is 0.141. The maximum Gasteiger partial charge on any atom is 0.256 e. The number of hydrogen-bond acceptors (Lipinski definition) is 6. The zero-order chi connectivity index (χ0) is 64.5. The van der Waals surface area contributed by atoms with Crippen LogP contribution < -0.4 is 61.9 Å². The largest absolute Gasteiger partial charge is 0.458 e. The molecule has 0 bridgehead atoms. The highest BCUT2D eigenvalue weighted by atomic mass is 16.5. The first-order chi connectivity index (χ1) is 45.2. The summed E-state index contributed by atoms with van der Waals surface area (Å²) in [6.45, 7) is 28.3. The molecule has 2 aliphatic carbocycles. The molecule has 8 heteroatoms. The predicted octanol–water partition coefficient (Wildman–Crippen LogP) is 19.4. The highest BCUT2D eigenvalue weighted by Gasteiger charge is 2.49. The standard InChI is InChI=1S/C86H80B2N4O2/c1-53-27-19-23-35-69(53)91(71-49-63-61(43-55(71)3)83(5,6)39-41-85(63,9)10)59-45-75-81-79(47-59)93-77-37-25-21-33-65(77)87(81)67-51-68-74(52-73(67)89(75)57-29-15-13-16-30-57)90(58-31-17-14-18-32-58)76-46-60(48-80-82(76)88(68)66-34-22-26-38-78(66)94-80)92(70-36-24-20-28-54(70)2)72-50-64-62(44-56(72)4)84(7,8)40-42-86(64,11)12/h13-38,43-52H,39-42H2,1-12H3. The van der Waals surface area contributed by atoms with Gasteiger partial charge in [0.2, 0.25) is 0 Å². The zero-order valence-electron chi connectivity index (χ0n) is 56.4. The van der Waals surface area contributed by atoms with E-state index >= 15 is 0 Å². The van der Waals surface area contributed by atoms with Gasteiger partial charge >= 0.3 is 0 Å². The average molecular weight is 1220 g/mol. The molecule has 0 amide bonds. The van der Waals surface area contributed by atoms with Crippen LogP contribution in [0, 0.1) is 27.7 Å². The summed E-state index contributed by atoms with van der Waals surface area (Å²) in [5, 5.41) is 0. The van der Waals surface area contributed by atoms with E-state index in [1.54, 1.807) is 0 Å². The monoisotopic (exact) mass is 1220 g/mol.